The minimum absolute atomic E-state index is 0.00813. The maximum absolute atomic E-state index is 15.3. The molecule has 1 fully saturated rings. The van der Waals surface area contributed by atoms with E-state index >= 15 is 28.8 Å². The SMILES string of the molecule is CC=CC[C@@H](C)[C@@H](O)[C@H]1C(=O)N[C@@H](CC)C(=O)N(C)[C@H](CSCCN(C)C)C(=O)N(C)[C@@H](C(C)C)C(=O)N[C@@H](C(C)C)C(=O)N(C)[C@@H](CC(C)C)C(=O)N[C@@H](C)C(=O)N[C@H](C)C(=O)N(C)[C@@H](CC(C)C)C(=O)N(C)[C@@H](CC(C)C)C(=O)N(C)[C@@H](C(C)C)C(=O)N1C. The lowest BCUT2D eigenvalue weighted by molar-refractivity contribution is -0.157. The van der Waals surface area contributed by atoms with Crippen molar-refractivity contribution >= 4 is 76.7 Å². The lowest BCUT2D eigenvalue weighted by atomic mass is 9.91. The number of thioether (sulfide) groups is 1. The lowest BCUT2D eigenvalue weighted by Crippen LogP contribution is -2.64. The third-order valence-corrected chi connectivity index (χ3v) is 18.2. The number of nitrogens with one attached hydrogen (secondary N) is 4. The van der Waals surface area contributed by atoms with Crippen LogP contribution < -0.4 is 21.3 Å². The van der Waals surface area contributed by atoms with Crippen LogP contribution in [0.15, 0.2) is 12.2 Å². The molecule has 1 saturated heterocycles. The predicted octanol–water partition coefficient (Wildman–Crippen LogP) is 3.54. The molecule has 1 aliphatic rings. The van der Waals surface area contributed by atoms with Gasteiger partial charge in [0.25, 0.3) is 0 Å². The molecule has 1 heterocycles. The van der Waals surface area contributed by atoms with Gasteiger partial charge in [-0.3, -0.25) is 52.7 Å². The Morgan fingerprint density at radius 1 is 0.473 bits per heavy atom. The summed E-state index contributed by atoms with van der Waals surface area (Å²) in [4.78, 5) is 174. The molecule has 0 bridgehead atoms. The maximum Gasteiger partial charge on any atom is 0.246 e. The molecule has 0 aromatic carbocycles. The zero-order valence-electron chi connectivity index (χ0n) is 60.2. The Labute approximate surface area is 550 Å². The summed E-state index contributed by atoms with van der Waals surface area (Å²) in [7, 11) is 13.9. The van der Waals surface area contributed by atoms with E-state index in [0.29, 0.717) is 18.7 Å². The number of hydrogen-bond acceptors (Lipinski definition) is 14. The molecule has 0 aromatic rings. The fraction of sp³-hybridized carbons (Fsp3) is 0.803. The van der Waals surface area contributed by atoms with E-state index < -0.39 is 161 Å². The fourth-order valence-electron chi connectivity index (χ4n) is 11.4. The Balaban J connectivity index is 4.50. The van der Waals surface area contributed by atoms with Crippen molar-refractivity contribution in [2.75, 3.05) is 81.5 Å². The first kappa shape index (κ1) is 83.2. The lowest BCUT2D eigenvalue weighted by Gasteiger charge is -2.41. The van der Waals surface area contributed by atoms with E-state index in [0.717, 1.165) is 4.90 Å². The van der Waals surface area contributed by atoms with Crippen LogP contribution in [0.25, 0.3) is 0 Å². The highest BCUT2D eigenvalue weighted by molar-refractivity contribution is 7.99. The number of rotatable bonds is 19. The van der Waals surface area contributed by atoms with Gasteiger partial charge < -0.3 is 65.6 Å². The summed E-state index contributed by atoms with van der Waals surface area (Å²) in [6.45, 7) is 30.4. The van der Waals surface area contributed by atoms with E-state index in [1.54, 1.807) is 61.5 Å². The van der Waals surface area contributed by atoms with Crippen LogP contribution in [0.2, 0.25) is 0 Å². The first-order valence-electron chi connectivity index (χ1n) is 32.7. The van der Waals surface area contributed by atoms with E-state index in [1.165, 1.54) is 104 Å². The molecule has 24 nitrogen and oxygen atoms in total. The number of allylic oxidation sites excluding steroid dienone is 2. The molecule has 13 atom stereocenters. The highest BCUT2D eigenvalue weighted by Gasteiger charge is 2.46. The van der Waals surface area contributed by atoms with Gasteiger partial charge in [-0.1, -0.05) is 109 Å². The molecule has 1 aliphatic heterocycles. The van der Waals surface area contributed by atoms with Crippen LogP contribution in [0.3, 0.4) is 0 Å². The van der Waals surface area contributed by atoms with Crippen molar-refractivity contribution < 1.29 is 57.8 Å². The van der Waals surface area contributed by atoms with Crippen molar-refractivity contribution in [3.63, 3.8) is 0 Å². The minimum Gasteiger partial charge on any atom is -0.390 e. The molecule has 5 N–H and O–H groups in total. The molecular weight excluding hydrogens is 1180 g/mol. The largest absolute Gasteiger partial charge is 0.390 e. The standard InChI is InChI=1S/C66H120N12O12S/c1-27-29-30-43(15)55(79)54-59(83)69-46(28-2)61(85)75(23)50(36-91-32-31-71(18)19)64(88)76(24)52(41(11)12)58(82)70-51(40(9)10)65(89)72(20)47(33-37(3)4)57(81)67-44(16)56(80)68-45(17)60(84)73(21)48(34-38(5)6)62(86)74(22)49(35-39(7)8)63(87)77(25)53(42(13)14)66(90)78(54)26/h27,29,37-55,79H,28,30-36H2,1-26H3,(H,67,81)(H,68,80)(H,69,83)(H,70,82)/t43-,44+,45-,46+,47+,48+,49+,50-,51+,52+,53+,54+,55-/m1/s1. The van der Waals surface area contributed by atoms with Crippen molar-refractivity contribution in [3.05, 3.63) is 12.2 Å². The first-order valence-corrected chi connectivity index (χ1v) is 33.8. The number of nitrogens with zero attached hydrogens (tertiary/aromatic N) is 8. The van der Waals surface area contributed by atoms with Gasteiger partial charge in [-0.25, -0.2) is 0 Å². The fourth-order valence-corrected chi connectivity index (χ4v) is 12.7. The van der Waals surface area contributed by atoms with E-state index in [-0.39, 0.29) is 49.2 Å². The van der Waals surface area contributed by atoms with Crippen molar-refractivity contribution in [1.29, 1.82) is 0 Å². The number of aliphatic hydroxyl groups excluding tert-OH is 1. The number of hydrogen-bond donors (Lipinski definition) is 5. The van der Waals surface area contributed by atoms with Crippen LogP contribution >= 0.6 is 11.8 Å². The second-order valence-electron chi connectivity index (χ2n) is 27.7. The van der Waals surface area contributed by atoms with Crippen molar-refractivity contribution in [3.8, 4) is 0 Å². The second kappa shape index (κ2) is 38.4. The third kappa shape index (κ3) is 23.6. The third-order valence-electron chi connectivity index (χ3n) is 17.2. The number of likely N-dealkylation sites (N-methyl/N-ethyl adjacent to an activating group) is 7. The highest BCUT2D eigenvalue weighted by Crippen LogP contribution is 2.26. The molecule has 0 saturated carbocycles. The zero-order valence-corrected chi connectivity index (χ0v) is 61.0. The Kier molecular flexibility index (Phi) is 35.1. The summed E-state index contributed by atoms with van der Waals surface area (Å²) in [5.74, 6) is -9.53. The monoisotopic (exact) mass is 1300 g/mol. The van der Waals surface area contributed by atoms with Crippen LogP contribution in [-0.2, 0) is 52.7 Å². The summed E-state index contributed by atoms with van der Waals surface area (Å²) < 4.78 is 0. The molecule has 25 heteroatoms. The van der Waals surface area contributed by atoms with Crippen LogP contribution in [0.4, 0.5) is 0 Å². The smallest absolute Gasteiger partial charge is 0.246 e. The van der Waals surface area contributed by atoms with Crippen LogP contribution in [0.5, 0.6) is 0 Å². The quantitative estimate of drug-likeness (QED) is 0.0915. The van der Waals surface area contributed by atoms with E-state index in [9.17, 15) is 29.1 Å². The molecule has 522 valence electrons. The zero-order chi connectivity index (χ0) is 70.5. The second-order valence-corrected chi connectivity index (χ2v) is 28.9. The number of carbonyl (C=O) groups excluding carboxylic acids is 11. The summed E-state index contributed by atoms with van der Waals surface area (Å²) in [6, 6.07) is -13.7. The molecule has 0 spiro atoms. The van der Waals surface area contributed by atoms with Gasteiger partial charge >= 0.3 is 0 Å². The van der Waals surface area contributed by atoms with E-state index in [2.05, 4.69) is 21.3 Å². The normalized spacial score (nSPS) is 26.8. The molecule has 0 radical (unpaired) electrons. The van der Waals surface area contributed by atoms with Crippen molar-refractivity contribution in [2.45, 2.75) is 222 Å². The van der Waals surface area contributed by atoms with Gasteiger partial charge in [0.1, 0.15) is 66.5 Å². The first-order chi connectivity index (χ1) is 42.0. The van der Waals surface area contributed by atoms with Gasteiger partial charge in [-0.05, 0) is 108 Å². The minimum atomic E-state index is -1.63. The Hall–Kier alpha value is -5.82. The Morgan fingerprint density at radius 2 is 0.890 bits per heavy atom. The average molecular weight is 1310 g/mol. The van der Waals surface area contributed by atoms with Gasteiger partial charge in [-0.2, -0.15) is 11.8 Å². The molecule has 0 unspecified atom stereocenters. The molecular formula is C66H120N12O12S. The van der Waals surface area contributed by atoms with Gasteiger partial charge in [0, 0.05) is 67.4 Å². The number of aliphatic hydroxyl groups is 1. The summed E-state index contributed by atoms with van der Waals surface area (Å²) in [5, 5.41) is 23.4. The topological polar surface area (TPSA) is 282 Å². The van der Waals surface area contributed by atoms with Crippen LogP contribution in [-0.4, -0.2) is 263 Å². The summed E-state index contributed by atoms with van der Waals surface area (Å²) in [6.07, 6.45) is 2.85. The van der Waals surface area contributed by atoms with Crippen LogP contribution in [0, 0.1) is 41.4 Å². The van der Waals surface area contributed by atoms with Gasteiger partial charge in [0.05, 0.1) is 6.10 Å². The van der Waals surface area contributed by atoms with Gasteiger partial charge in [0.15, 0.2) is 0 Å². The van der Waals surface area contributed by atoms with E-state index in [4.69, 9.17) is 0 Å². The predicted molar refractivity (Wildman–Crippen MR) is 359 cm³/mol. The highest BCUT2D eigenvalue weighted by atomic mass is 32.2. The van der Waals surface area contributed by atoms with E-state index in [1.807, 2.05) is 73.5 Å². The van der Waals surface area contributed by atoms with Gasteiger partial charge in [-0.15, -0.1) is 0 Å². The van der Waals surface area contributed by atoms with Crippen LogP contribution in [0.1, 0.15) is 150 Å². The summed E-state index contributed by atoms with van der Waals surface area (Å²) in [5.41, 5.74) is 0. The molecule has 0 aliphatic carbocycles. The number of amides is 11. The molecule has 1 rings (SSSR count). The van der Waals surface area contributed by atoms with Crippen molar-refractivity contribution in [2.24, 2.45) is 41.4 Å². The van der Waals surface area contributed by atoms with Gasteiger partial charge in [0.2, 0.25) is 65.0 Å². The Morgan fingerprint density at radius 3 is 1.35 bits per heavy atom. The average Bonchev–Trinajstić information content (AvgIpc) is 0.833. The molecule has 0 aromatic heterocycles. The number of carbonyl (C=O) groups is 11. The Bertz CT molecular complexity index is 2480. The van der Waals surface area contributed by atoms with Crippen molar-refractivity contribution in [1.82, 2.24) is 60.5 Å². The molecule has 11 amide bonds. The molecule has 91 heavy (non-hydrogen) atoms. The summed E-state index contributed by atoms with van der Waals surface area (Å²) >= 11 is 1.41. The maximum atomic E-state index is 15.3.